The molecule has 1 amide bonds. The largest absolute Gasteiger partial charge is 0.462 e. The van der Waals surface area contributed by atoms with Crippen LogP contribution in [0.4, 0.5) is 0 Å². The van der Waals surface area contributed by atoms with Crippen LogP contribution in [0.25, 0.3) is 0 Å². The standard InChI is InChI=1S/C33H44N4O6/c1-4-43-30(41)24(15-20-7-5-6-8-20)29(40)34-18-21-19-37(36-35-21)27-16-23-25-9-10-28(39)31(25,2)13-12-26(23)32(3)14-11-22(38)17-33(27,32)42/h5-8,15,19-20,22-23,25-27,38,42H,4,9-14,16-18H2,1-3H3,(H,34,40)/b24-15+/t22-,23-,25-,26-,27+,31-,32+,33-/m0/s1. The van der Waals surface area contributed by atoms with Gasteiger partial charge in [0, 0.05) is 29.6 Å². The molecule has 1 aromatic rings. The lowest BCUT2D eigenvalue weighted by Crippen LogP contribution is -2.66. The molecule has 10 heteroatoms. The van der Waals surface area contributed by atoms with Crippen LogP contribution >= 0.6 is 0 Å². The summed E-state index contributed by atoms with van der Waals surface area (Å²) in [4.78, 5) is 38.6. The monoisotopic (exact) mass is 592 g/mol. The van der Waals surface area contributed by atoms with Crippen molar-refractivity contribution in [3.63, 3.8) is 0 Å². The summed E-state index contributed by atoms with van der Waals surface area (Å²) in [7, 11) is 0. The predicted molar refractivity (Wildman–Crippen MR) is 157 cm³/mol. The number of fused-ring (bicyclic) bond motifs is 5. The number of carbonyl (C=O) groups is 3. The lowest BCUT2D eigenvalue weighted by atomic mass is 9.42. The van der Waals surface area contributed by atoms with E-state index in [1.54, 1.807) is 23.9 Å². The van der Waals surface area contributed by atoms with Gasteiger partial charge in [-0.05, 0) is 63.2 Å². The topological polar surface area (TPSA) is 144 Å². The molecule has 0 spiro atoms. The third kappa shape index (κ3) is 4.90. The van der Waals surface area contributed by atoms with Crippen molar-refractivity contribution in [3.8, 4) is 0 Å². The fourth-order valence-electron chi connectivity index (χ4n) is 9.37. The highest BCUT2D eigenvalue weighted by molar-refractivity contribution is 6.16. The number of ketones is 1. The Hall–Kier alpha value is -3.11. The summed E-state index contributed by atoms with van der Waals surface area (Å²) < 4.78 is 6.83. The number of aromatic nitrogens is 3. The van der Waals surface area contributed by atoms with Crippen molar-refractivity contribution < 1.29 is 29.3 Å². The molecule has 5 aliphatic carbocycles. The van der Waals surface area contributed by atoms with Gasteiger partial charge in [0.1, 0.15) is 17.1 Å². The fourth-order valence-corrected chi connectivity index (χ4v) is 9.37. The number of aliphatic hydroxyl groups excluding tert-OH is 1. The highest BCUT2D eigenvalue weighted by atomic mass is 16.5. The predicted octanol–water partition coefficient (Wildman–Crippen LogP) is 3.36. The molecule has 3 N–H and O–H groups in total. The number of allylic oxidation sites excluding steroid dienone is 5. The van der Waals surface area contributed by atoms with Gasteiger partial charge in [-0.25, -0.2) is 9.48 Å². The number of ether oxygens (including phenoxy) is 1. The molecule has 8 atom stereocenters. The highest BCUT2D eigenvalue weighted by Crippen LogP contribution is 2.68. The Balaban J connectivity index is 1.25. The second-order valence-electron chi connectivity index (χ2n) is 13.8. The number of Topliss-reactive ketones (excluding diaryl/α,β-unsaturated/α-hetero) is 1. The SMILES string of the molecule is CCOC(=O)/C(=C/C1C=CC=C1)C(=O)NCc1cn([C@@H]2C[C@H]3[C@@H]4CCC(=O)[C@@]4(C)CC[C@@H]3[C@@]3(C)CC[C@H](O)C[C@]23O)nn1. The van der Waals surface area contributed by atoms with Crippen LogP contribution < -0.4 is 5.32 Å². The molecule has 0 bridgehead atoms. The lowest BCUT2D eigenvalue weighted by molar-refractivity contribution is -0.241. The Morgan fingerprint density at radius 1 is 1.16 bits per heavy atom. The molecule has 0 aliphatic heterocycles. The lowest BCUT2D eigenvalue weighted by Gasteiger charge is -2.65. The Labute approximate surface area is 252 Å². The van der Waals surface area contributed by atoms with E-state index in [1.807, 2.05) is 24.3 Å². The Kier molecular flexibility index (Phi) is 7.74. The zero-order valence-corrected chi connectivity index (χ0v) is 25.4. The molecule has 0 saturated heterocycles. The number of hydrogen-bond donors (Lipinski definition) is 3. The van der Waals surface area contributed by atoms with E-state index in [4.69, 9.17) is 4.74 Å². The first-order valence-electron chi connectivity index (χ1n) is 15.9. The van der Waals surface area contributed by atoms with Crippen molar-refractivity contribution in [2.24, 2.45) is 34.5 Å². The first kappa shape index (κ1) is 29.9. The number of carbonyl (C=O) groups excluding carboxylic acids is 3. The zero-order valence-electron chi connectivity index (χ0n) is 25.4. The molecule has 10 nitrogen and oxygen atoms in total. The van der Waals surface area contributed by atoms with Gasteiger partial charge in [-0.2, -0.15) is 0 Å². The smallest absolute Gasteiger partial charge is 0.343 e. The maximum atomic E-state index is 13.1. The van der Waals surface area contributed by atoms with Gasteiger partial charge in [-0.15, -0.1) is 5.10 Å². The second-order valence-corrected chi connectivity index (χ2v) is 13.8. The quantitative estimate of drug-likeness (QED) is 0.189. The molecule has 0 radical (unpaired) electrons. The van der Waals surface area contributed by atoms with Crippen molar-refractivity contribution in [1.82, 2.24) is 20.3 Å². The van der Waals surface area contributed by atoms with E-state index in [-0.39, 0.29) is 54.2 Å². The van der Waals surface area contributed by atoms with Crippen LogP contribution in [-0.2, 0) is 25.7 Å². The third-order valence-electron chi connectivity index (χ3n) is 11.7. The number of rotatable bonds is 7. The summed E-state index contributed by atoms with van der Waals surface area (Å²) in [5, 5.41) is 34.8. The maximum Gasteiger partial charge on any atom is 0.343 e. The van der Waals surface area contributed by atoms with Crippen molar-refractivity contribution in [3.05, 3.63) is 47.8 Å². The second kappa shape index (κ2) is 11.1. The van der Waals surface area contributed by atoms with Crippen molar-refractivity contribution in [2.45, 2.75) is 96.4 Å². The minimum atomic E-state index is -1.20. The molecule has 0 aromatic carbocycles. The van der Waals surface area contributed by atoms with Crippen LogP contribution in [0.2, 0.25) is 0 Å². The minimum absolute atomic E-state index is 0.0399. The van der Waals surface area contributed by atoms with Gasteiger partial charge in [-0.3, -0.25) is 9.59 Å². The molecular formula is C33H44N4O6. The molecule has 1 aromatic heterocycles. The van der Waals surface area contributed by atoms with Crippen LogP contribution in [-0.4, -0.2) is 61.2 Å². The van der Waals surface area contributed by atoms with Gasteiger partial charge in [0.15, 0.2) is 0 Å². The molecule has 0 unspecified atom stereocenters. The Morgan fingerprint density at radius 3 is 2.67 bits per heavy atom. The first-order valence-corrected chi connectivity index (χ1v) is 15.9. The van der Waals surface area contributed by atoms with E-state index < -0.39 is 35.0 Å². The minimum Gasteiger partial charge on any atom is -0.462 e. The Bertz CT molecular complexity index is 1370. The average molecular weight is 593 g/mol. The molecule has 4 fully saturated rings. The molecule has 43 heavy (non-hydrogen) atoms. The summed E-state index contributed by atoms with van der Waals surface area (Å²) in [5.41, 5.74) is -1.52. The molecule has 1 heterocycles. The fraction of sp³-hybridized carbons (Fsp3) is 0.667. The van der Waals surface area contributed by atoms with E-state index in [0.717, 1.165) is 19.3 Å². The summed E-state index contributed by atoms with van der Waals surface area (Å²) in [6, 6.07) is -0.431. The number of aliphatic hydroxyl groups is 2. The average Bonchev–Trinajstić information content (AvgIpc) is 3.72. The van der Waals surface area contributed by atoms with Gasteiger partial charge in [0.25, 0.3) is 5.91 Å². The Morgan fingerprint density at radius 2 is 1.93 bits per heavy atom. The number of hydrogen-bond acceptors (Lipinski definition) is 8. The molecule has 4 saturated carbocycles. The van der Waals surface area contributed by atoms with Gasteiger partial charge >= 0.3 is 5.97 Å². The van der Waals surface area contributed by atoms with E-state index >= 15 is 0 Å². The maximum absolute atomic E-state index is 13.1. The number of nitrogens with zero attached hydrogens (tertiary/aromatic N) is 3. The third-order valence-corrected chi connectivity index (χ3v) is 11.7. The van der Waals surface area contributed by atoms with Gasteiger partial charge in [0.05, 0.1) is 37.1 Å². The van der Waals surface area contributed by atoms with Gasteiger partial charge in [-0.1, -0.05) is 49.4 Å². The number of amides is 1. The van der Waals surface area contributed by atoms with Crippen molar-refractivity contribution in [1.29, 1.82) is 0 Å². The first-order chi connectivity index (χ1) is 20.5. The van der Waals surface area contributed by atoms with Crippen LogP contribution in [0.15, 0.2) is 42.2 Å². The molecular weight excluding hydrogens is 548 g/mol. The van der Waals surface area contributed by atoms with E-state index in [2.05, 4.69) is 29.5 Å². The van der Waals surface area contributed by atoms with Gasteiger partial charge in [0.2, 0.25) is 0 Å². The van der Waals surface area contributed by atoms with E-state index in [9.17, 15) is 24.6 Å². The molecule has 5 aliphatic rings. The molecule has 232 valence electrons. The molecule has 6 rings (SSSR count). The van der Waals surface area contributed by atoms with Crippen LogP contribution in [0.3, 0.4) is 0 Å². The van der Waals surface area contributed by atoms with Gasteiger partial charge < -0.3 is 20.3 Å². The highest BCUT2D eigenvalue weighted by Gasteiger charge is 2.68. The van der Waals surface area contributed by atoms with Crippen LogP contribution in [0.1, 0.15) is 83.9 Å². The summed E-state index contributed by atoms with van der Waals surface area (Å²) >= 11 is 0. The van der Waals surface area contributed by atoms with E-state index in [0.29, 0.717) is 37.2 Å². The van der Waals surface area contributed by atoms with Crippen molar-refractivity contribution >= 4 is 17.7 Å². The number of esters is 1. The summed E-state index contributed by atoms with van der Waals surface area (Å²) in [6.07, 6.45) is 15.8. The number of nitrogens with one attached hydrogen (secondary N) is 1. The van der Waals surface area contributed by atoms with Crippen molar-refractivity contribution in [2.75, 3.05) is 6.61 Å². The van der Waals surface area contributed by atoms with Crippen LogP contribution in [0.5, 0.6) is 0 Å². The zero-order chi connectivity index (χ0) is 30.6. The van der Waals surface area contributed by atoms with Crippen LogP contribution in [0, 0.1) is 34.5 Å². The normalized spacial score (nSPS) is 38.9. The van der Waals surface area contributed by atoms with E-state index in [1.165, 1.54) is 0 Å². The summed E-state index contributed by atoms with van der Waals surface area (Å²) in [5.74, 6) is -0.238. The summed E-state index contributed by atoms with van der Waals surface area (Å²) in [6.45, 7) is 6.20.